The molecule has 1 aliphatic heterocycles. The monoisotopic (exact) mass is 412 g/mol. The van der Waals surface area contributed by atoms with E-state index >= 15 is 0 Å². The number of benzene rings is 2. The number of rotatable bonds is 9. The quantitative estimate of drug-likeness (QED) is 0.376. The predicted octanol–water partition coefficient (Wildman–Crippen LogP) is 3.56. The number of piperidine rings is 1. The Morgan fingerprint density at radius 2 is 1.77 bits per heavy atom. The van der Waals surface area contributed by atoms with Gasteiger partial charge in [-0.1, -0.05) is 42.5 Å². The molecule has 1 saturated heterocycles. The van der Waals surface area contributed by atoms with Crippen molar-refractivity contribution in [3.05, 3.63) is 71.5 Å². The van der Waals surface area contributed by atoms with Gasteiger partial charge >= 0.3 is 0 Å². The third-order valence-corrected chi connectivity index (χ3v) is 5.35. The molecule has 30 heavy (non-hydrogen) atoms. The van der Waals surface area contributed by atoms with Gasteiger partial charge in [-0.05, 0) is 42.5 Å². The summed E-state index contributed by atoms with van der Waals surface area (Å²) >= 11 is 0. The summed E-state index contributed by atoms with van der Waals surface area (Å²) in [7, 11) is 1.75. The standard InChI is InChI=1S/C24H33FN4O/c1-26-24(28-18-20-8-10-22(25)11-9-20)27-14-5-17-30-23-12-15-29(16-13-23)19-21-6-3-2-4-7-21/h2-4,6-11,23H,5,12-19H2,1H3,(H2,26,27,28). The first-order chi connectivity index (χ1) is 14.7. The van der Waals surface area contributed by atoms with Gasteiger partial charge in [-0.2, -0.15) is 0 Å². The van der Waals surface area contributed by atoms with Crippen LogP contribution >= 0.6 is 0 Å². The highest BCUT2D eigenvalue weighted by molar-refractivity contribution is 5.79. The summed E-state index contributed by atoms with van der Waals surface area (Å²) in [5.41, 5.74) is 2.39. The molecule has 0 aromatic heterocycles. The van der Waals surface area contributed by atoms with E-state index in [0.29, 0.717) is 12.6 Å². The average Bonchev–Trinajstić information content (AvgIpc) is 2.78. The maximum atomic E-state index is 13.0. The Kier molecular flexibility index (Phi) is 9.12. The van der Waals surface area contributed by atoms with E-state index < -0.39 is 0 Å². The van der Waals surface area contributed by atoms with Gasteiger partial charge in [0, 0.05) is 46.4 Å². The van der Waals surface area contributed by atoms with Crippen molar-refractivity contribution in [2.45, 2.75) is 38.5 Å². The first kappa shape index (κ1) is 22.2. The number of nitrogens with one attached hydrogen (secondary N) is 2. The molecule has 2 aromatic rings. The second-order valence-electron chi connectivity index (χ2n) is 7.66. The predicted molar refractivity (Wildman–Crippen MR) is 120 cm³/mol. The lowest BCUT2D eigenvalue weighted by Gasteiger charge is -2.32. The van der Waals surface area contributed by atoms with Gasteiger partial charge in [-0.25, -0.2) is 4.39 Å². The van der Waals surface area contributed by atoms with E-state index in [0.717, 1.165) is 63.6 Å². The number of guanidine groups is 1. The maximum absolute atomic E-state index is 13.0. The fraction of sp³-hybridized carbons (Fsp3) is 0.458. The number of ether oxygens (including phenoxy) is 1. The molecule has 6 heteroatoms. The molecular weight excluding hydrogens is 379 g/mol. The molecule has 0 spiro atoms. The number of aliphatic imine (C=N–C) groups is 1. The van der Waals surface area contributed by atoms with Gasteiger partial charge in [0.2, 0.25) is 0 Å². The zero-order valence-electron chi connectivity index (χ0n) is 17.8. The molecule has 3 rings (SSSR count). The molecule has 1 aliphatic rings. The van der Waals surface area contributed by atoms with Crippen molar-refractivity contribution in [3.63, 3.8) is 0 Å². The summed E-state index contributed by atoms with van der Waals surface area (Å²) < 4.78 is 19.0. The molecule has 162 valence electrons. The van der Waals surface area contributed by atoms with Crippen LogP contribution in [0, 0.1) is 5.82 Å². The van der Waals surface area contributed by atoms with Crippen LogP contribution in [0.1, 0.15) is 30.4 Å². The Labute approximate surface area is 179 Å². The van der Waals surface area contributed by atoms with Crippen molar-refractivity contribution in [1.29, 1.82) is 0 Å². The molecule has 0 aliphatic carbocycles. The lowest BCUT2D eigenvalue weighted by molar-refractivity contribution is 0.00534. The third kappa shape index (κ3) is 7.76. The molecule has 1 heterocycles. The summed E-state index contributed by atoms with van der Waals surface area (Å²) in [5.74, 6) is 0.525. The van der Waals surface area contributed by atoms with Gasteiger partial charge in [0.05, 0.1) is 6.10 Å². The number of nitrogens with zero attached hydrogens (tertiary/aromatic N) is 2. The Hall–Kier alpha value is -2.44. The van der Waals surface area contributed by atoms with Crippen LogP contribution in [0.15, 0.2) is 59.6 Å². The van der Waals surface area contributed by atoms with Crippen molar-refractivity contribution in [3.8, 4) is 0 Å². The normalized spacial score (nSPS) is 15.9. The van der Waals surface area contributed by atoms with E-state index in [1.54, 1.807) is 19.2 Å². The highest BCUT2D eigenvalue weighted by atomic mass is 19.1. The van der Waals surface area contributed by atoms with Gasteiger partial charge in [0.15, 0.2) is 5.96 Å². The van der Waals surface area contributed by atoms with E-state index in [4.69, 9.17) is 4.74 Å². The van der Waals surface area contributed by atoms with Crippen LogP contribution < -0.4 is 10.6 Å². The van der Waals surface area contributed by atoms with Crippen LogP contribution in [0.5, 0.6) is 0 Å². The summed E-state index contributed by atoms with van der Waals surface area (Å²) in [4.78, 5) is 6.73. The lowest BCUT2D eigenvalue weighted by atomic mass is 10.1. The molecule has 0 atom stereocenters. The minimum absolute atomic E-state index is 0.219. The highest BCUT2D eigenvalue weighted by Gasteiger charge is 2.19. The molecule has 0 radical (unpaired) electrons. The second kappa shape index (κ2) is 12.3. The maximum Gasteiger partial charge on any atom is 0.191 e. The van der Waals surface area contributed by atoms with Crippen molar-refractivity contribution < 1.29 is 9.13 Å². The molecule has 2 N–H and O–H groups in total. The SMILES string of the molecule is CN=C(NCCCOC1CCN(Cc2ccccc2)CC1)NCc1ccc(F)cc1. The topological polar surface area (TPSA) is 48.9 Å². The van der Waals surface area contributed by atoms with E-state index in [2.05, 4.69) is 50.9 Å². The Bertz CT molecular complexity index is 759. The van der Waals surface area contributed by atoms with Crippen LogP contribution in [-0.4, -0.2) is 50.3 Å². The minimum atomic E-state index is -0.219. The van der Waals surface area contributed by atoms with Crippen molar-refractivity contribution in [1.82, 2.24) is 15.5 Å². The van der Waals surface area contributed by atoms with Crippen LogP contribution in [-0.2, 0) is 17.8 Å². The molecular formula is C24H33FN4O. The van der Waals surface area contributed by atoms with Crippen LogP contribution in [0.4, 0.5) is 4.39 Å². The highest BCUT2D eigenvalue weighted by Crippen LogP contribution is 2.16. The Balaban J connectivity index is 1.24. The van der Waals surface area contributed by atoms with Gasteiger partial charge in [0.1, 0.15) is 5.82 Å². The van der Waals surface area contributed by atoms with Crippen LogP contribution in [0.25, 0.3) is 0 Å². The first-order valence-corrected chi connectivity index (χ1v) is 10.8. The number of likely N-dealkylation sites (tertiary alicyclic amines) is 1. The van der Waals surface area contributed by atoms with Crippen molar-refractivity contribution >= 4 is 5.96 Å². The number of hydrogen-bond acceptors (Lipinski definition) is 3. The Morgan fingerprint density at radius 1 is 1.03 bits per heavy atom. The second-order valence-corrected chi connectivity index (χ2v) is 7.66. The summed E-state index contributed by atoms with van der Waals surface area (Å²) in [6, 6.07) is 17.1. The summed E-state index contributed by atoms with van der Waals surface area (Å²) in [5, 5.41) is 6.54. The first-order valence-electron chi connectivity index (χ1n) is 10.8. The van der Waals surface area contributed by atoms with Gasteiger partial charge < -0.3 is 15.4 Å². The molecule has 0 saturated carbocycles. The van der Waals surface area contributed by atoms with Crippen molar-refractivity contribution in [2.24, 2.45) is 4.99 Å². The molecule has 2 aromatic carbocycles. The van der Waals surface area contributed by atoms with E-state index in [9.17, 15) is 4.39 Å². The number of halogens is 1. The van der Waals surface area contributed by atoms with Crippen molar-refractivity contribution in [2.75, 3.05) is 33.3 Å². The zero-order chi connectivity index (χ0) is 21.0. The summed E-state index contributed by atoms with van der Waals surface area (Å²) in [6.45, 7) is 5.39. The molecule has 0 unspecified atom stereocenters. The minimum Gasteiger partial charge on any atom is -0.378 e. The van der Waals surface area contributed by atoms with E-state index in [1.165, 1.54) is 17.7 Å². The lowest BCUT2D eigenvalue weighted by Crippen LogP contribution is -2.38. The van der Waals surface area contributed by atoms with Crippen LogP contribution in [0.2, 0.25) is 0 Å². The van der Waals surface area contributed by atoms with E-state index in [1.807, 2.05) is 0 Å². The smallest absolute Gasteiger partial charge is 0.191 e. The van der Waals surface area contributed by atoms with Gasteiger partial charge in [-0.3, -0.25) is 9.89 Å². The molecule has 0 bridgehead atoms. The van der Waals surface area contributed by atoms with E-state index in [-0.39, 0.29) is 5.82 Å². The third-order valence-electron chi connectivity index (χ3n) is 5.35. The fourth-order valence-corrected chi connectivity index (χ4v) is 3.61. The average molecular weight is 413 g/mol. The summed E-state index contributed by atoms with van der Waals surface area (Å²) in [6.07, 6.45) is 3.50. The molecule has 0 amide bonds. The molecule has 1 fully saturated rings. The van der Waals surface area contributed by atoms with Gasteiger partial charge in [-0.15, -0.1) is 0 Å². The fourth-order valence-electron chi connectivity index (χ4n) is 3.61. The molecule has 5 nitrogen and oxygen atoms in total. The largest absolute Gasteiger partial charge is 0.378 e. The zero-order valence-corrected chi connectivity index (χ0v) is 17.8. The van der Waals surface area contributed by atoms with Gasteiger partial charge in [0.25, 0.3) is 0 Å². The Morgan fingerprint density at radius 3 is 2.47 bits per heavy atom. The van der Waals surface area contributed by atoms with Crippen LogP contribution in [0.3, 0.4) is 0 Å². The number of hydrogen-bond donors (Lipinski definition) is 2.